The number of aromatic nitrogens is 2. The molecule has 0 aliphatic heterocycles. The van der Waals surface area contributed by atoms with E-state index < -0.39 is 11.6 Å². The molecule has 0 spiro atoms. The number of hydrogen-bond donors (Lipinski definition) is 0. The van der Waals surface area contributed by atoms with Crippen LogP contribution in [0, 0.1) is 39.3 Å². The number of halogens is 2. The predicted octanol–water partition coefficient (Wildman–Crippen LogP) is 3.66. The van der Waals surface area contributed by atoms with E-state index in [0.717, 1.165) is 5.56 Å². The first-order valence-corrected chi connectivity index (χ1v) is 5.67. The van der Waals surface area contributed by atoms with E-state index in [4.69, 9.17) is 0 Å². The van der Waals surface area contributed by atoms with E-state index in [1.165, 1.54) is 0 Å². The largest absolute Gasteiger partial charge is 0.241 e. The Labute approximate surface area is 105 Å². The second-order valence-electron chi connectivity index (χ2n) is 4.44. The third kappa shape index (κ3) is 1.98. The number of aryl methyl sites for hydroxylation is 3. The summed E-state index contributed by atoms with van der Waals surface area (Å²) in [5, 5.41) is 0. The van der Waals surface area contributed by atoms with E-state index in [0.29, 0.717) is 17.1 Å². The molecule has 0 fully saturated rings. The van der Waals surface area contributed by atoms with E-state index >= 15 is 0 Å². The first-order valence-electron chi connectivity index (χ1n) is 5.67. The Bertz CT molecular complexity index is 622. The lowest BCUT2D eigenvalue weighted by Gasteiger charge is -2.11. The molecule has 0 atom stereocenters. The first-order chi connectivity index (χ1) is 8.41. The summed E-state index contributed by atoms with van der Waals surface area (Å²) in [4.78, 5) is 8.39. The molecule has 1 aromatic heterocycles. The molecule has 0 unspecified atom stereocenters. The third-order valence-electron chi connectivity index (χ3n) is 2.98. The Kier molecular flexibility index (Phi) is 3.11. The summed E-state index contributed by atoms with van der Waals surface area (Å²) in [5.74, 6) is -0.988. The topological polar surface area (TPSA) is 25.8 Å². The molecule has 0 saturated heterocycles. The third-order valence-corrected chi connectivity index (χ3v) is 2.98. The van der Waals surface area contributed by atoms with Crippen LogP contribution in [0.4, 0.5) is 8.78 Å². The Morgan fingerprint density at radius 1 is 0.944 bits per heavy atom. The molecule has 4 heteroatoms. The Hall–Kier alpha value is -1.84. The van der Waals surface area contributed by atoms with Crippen LogP contribution < -0.4 is 0 Å². The van der Waals surface area contributed by atoms with E-state index in [2.05, 4.69) is 9.97 Å². The highest BCUT2D eigenvalue weighted by Gasteiger charge is 2.16. The lowest BCUT2D eigenvalue weighted by Crippen LogP contribution is -2.01. The van der Waals surface area contributed by atoms with Crippen LogP contribution >= 0.6 is 0 Å². The van der Waals surface area contributed by atoms with Gasteiger partial charge in [-0.15, -0.1) is 0 Å². The normalized spacial score (nSPS) is 10.8. The van der Waals surface area contributed by atoms with Crippen molar-refractivity contribution < 1.29 is 8.78 Å². The van der Waals surface area contributed by atoms with Gasteiger partial charge in [-0.1, -0.05) is 0 Å². The molecule has 0 radical (unpaired) electrons. The van der Waals surface area contributed by atoms with E-state index in [1.54, 1.807) is 33.0 Å². The van der Waals surface area contributed by atoms with Gasteiger partial charge in [0.2, 0.25) is 0 Å². The maximum atomic E-state index is 13.8. The van der Waals surface area contributed by atoms with E-state index in [9.17, 15) is 8.78 Å². The molecule has 0 N–H and O–H groups in total. The molecule has 94 valence electrons. The average Bonchev–Trinajstić information content (AvgIpc) is 2.34. The summed E-state index contributed by atoms with van der Waals surface area (Å²) in [5.41, 5.74) is 2.67. The predicted molar refractivity (Wildman–Crippen MR) is 66.3 cm³/mol. The van der Waals surface area contributed by atoms with Gasteiger partial charge in [0, 0.05) is 11.8 Å². The maximum Gasteiger partial charge on any atom is 0.162 e. The van der Waals surface area contributed by atoms with Gasteiger partial charge >= 0.3 is 0 Å². The zero-order valence-corrected chi connectivity index (χ0v) is 10.8. The lowest BCUT2D eigenvalue weighted by molar-refractivity contribution is 0.498. The summed E-state index contributed by atoms with van der Waals surface area (Å²) in [6, 6.07) is 1.63. The summed E-state index contributed by atoms with van der Waals surface area (Å²) in [6.07, 6.45) is 1.69. The fourth-order valence-corrected chi connectivity index (χ4v) is 1.89. The van der Waals surface area contributed by atoms with Gasteiger partial charge in [0.1, 0.15) is 5.82 Å². The van der Waals surface area contributed by atoms with Crippen molar-refractivity contribution in [1.82, 2.24) is 9.97 Å². The van der Waals surface area contributed by atoms with Gasteiger partial charge in [0.25, 0.3) is 0 Å². The van der Waals surface area contributed by atoms with Crippen LogP contribution in [-0.2, 0) is 0 Å². The minimum Gasteiger partial charge on any atom is -0.241 e. The molecule has 0 aliphatic rings. The number of benzene rings is 1. The van der Waals surface area contributed by atoms with Crippen LogP contribution in [0.2, 0.25) is 0 Å². The van der Waals surface area contributed by atoms with Crippen molar-refractivity contribution in [2.75, 3.05) is 0 Å². The molecule has 2 aromatic rings. The van der Waals surface area contributed by atoms with E-state index in [1.807, 2.05) is 6.92 Å². The van der Waals surface area contributed by atoms with Crippen molar-refractivity contribution in [3.63, 3.8) is 0 Å². The number of nitrogens with zero attached hydrogens (tertiary/aromatic N) is 2. The smallest absolute Gasteiger partial charge is 0.162 e. The molecule has 2 nitrogen and oxygen atoms in total. The monoisotopic (exact) mass is 248 g/mol. The van der Waals surface area contributed by atoms with Gasteiger partial charge < -0.3 is 0 Å². The Morgan fingerprint density at radius 2 is 1.61 bits per heavy atom. The van der Waals surface area contributed by atoms with E-state index in [-0.39, 0.29) is 11.1 Å². The molecular weight excluding hydrogens is 234 g/mol. The summed E-state index contributed by atoms with van der Waals surface area (Å²) in [6.45, 7) is 6.73. The van der Waals surface area contributed by atoms with Gasteiger partial charge in [-0.05, 0) is 50.5 Å². The molecule has 18 heavy (non-hydrogen) atoms. The highest BCUT2D eigenvalue weighted by Crippen LogP contribution is 2.29. The van der Waals surface area contributed by atoms with Crippen molar-refractivity contribution in [3.8, 4) is 11.3 Å². The molecule has 2 rings (SSSR count). The standard InChI is InChI=1S/C14H14F2N2/c1-7-5-11(9(3)13(16)12(7)15)14-8(2)6-17-10(4)18-14/h5-6H,1-4H3. The SMILES string of the molecule is Cc1ncc(C)c(-c2cc(C)c(F)c(F)c2C)n1. The van der Waals surface area contributed by atoms with Gasteiger partial charge in [-0.2, -0.15) is 0 Å². The Morgan fingerprint density at radius 3 is 2.28 bits per heavy atom. The minimum atomic E-state index is -0.805. The fourth-order valence-electron chi connectivity index (χ4n) is 1.89. The zero-order valence-electron chi connectivity index (χ0n) is 10.8. The molecule has 0 saturated carbocycles. The van der Waals surface area contributed by atoms with Crippen LogP contribution in [0.15, 0.2) is 12.3 Å². The first kappa shape index (κ1) is 12.6. The summed E-state index contributed by atoms with van der Waals surface area (Å²) < 4.78 is 27.2. The Balaban J connectivity index is 2.75. The van der Waals surface area contributed by atoms with Gasteiger partial charge in [-0.3, -0.25) is 0 Å². The van der Waals surface area contributed by atoms with Crippen LogP contribution in [-0.4, -0.2) is 9.97 Å². The minimum absolute atomic E-state index is 0.277. The fraction of sp³-hybridized carbons (Fsp3) is 0.286. The molecule has 1 heterocycles. The molecule has 0 aliphatic carbocycles. The lowest BCUT2D eigenvalue weighted by atomic mass is 9.99. The second kappa shape index (κ2) is 4.44. The van der Waals surface area contributed by atoms with Crippen molar-refractivity contribution in [1.29, 1.82) is 0 Å². The van der Waals surface area contributed by atoms with Crippen LogP contribution in [0.5, 0.6) is 0 Å². The second-order valence-corrected chi connectivity index (χ2v) is 4.44. The molecule has 0 amide bonds. The van der Waals surface area contributed by atoms with Gasteiger partial charge in [0.15, 0.2) is 11.6 Å². The van der Waals surface area contributed by atoms with Crippen molar-refractivity contribution >= 4 is 0 Å². The number of rotatable bonds is 1. The number of hydrogen-bond acceptors (Lipinski definition) is 2. The highest BCUT2D eigenvalue weighted by atomic mass is 19.2. The maximum absolute atomic E-state index is 13.8. The van der Waals surface area contributed by atoms with Crippen LogP contribution in [0.25, 0.3) is 11.3 Å². The summed E-state index contributed by atoms with van der Waals surface area (Å²) in [7, 11) is 0. The van der Waals surface area contributed by atoms with Crippen LogP contribution in [0.3, 0.4) is 0 Å². The van der Waals surface area contributed by atoms with Crippen molar-refractivity contribution in [3.05, 3.63) is 46.4 Å². The van der Waals surface area contributed by atoms with Gasteiger partial charge in [0.05, 0.1) is 5.69 Å². The highest BCUT2D eigenvalue weighted by molar-refractivity contribution is 5.67. The van der Waals surface area contributed by atoms with Crippen molar-refractivity contribution in [2.45, 2.75) is 27.7 Å². The van der Waals surface area contributed by atoms with Gasteiger partial charge in [-0.25, -0.2) is 18.7 Å². The van der Waals surface area contributed by atoms with Crippen molar-refractivity contribution in [2.24, 2.45) is 0 Å². The van der Waals surface area contributed by atoms with Crippen LogP contribution in [0.1, 0.15) is 22.5 Å². The average molecular weight is 248 g/mol. The molecule has 1 aromatic carbocycles. The quantitative estimate of drug-likeness (QED) is 0.769. The zero-order chi connectivity index (χ0) is 13.4. The molecule has 0 bridgehead atoms. The summed E-state index contributed by atoms with van der Waals surface area (Å²) >= 11 is 0. The molecular formula is C14H14F2N2.